The lowest BCUT2D eigenvalue weighted by Crippen LogP contribution is -2.41. The minimum atomic E-state index is -1.02. The minimum Gasteiger partial charge on any atom is -0.480 e. The first-order chi connectivity index (χ1) is 13.9. The Kier molecular flexibility index (Phi) is 11.3. The predicted octanol–water partition coefficient (Wildman–Crippen LogP) is 1.99. The highest BCUT2D eigenvalue weighted by Gasteiger charge is 2.18. The first-order valence-electron chi connectivity index (χ1n) is 9.26. The lowest BCUT2D eigenvalue weighted by Gasteiger charge is -2.20. The molecule has 0 spiro atoms. The van der Waals surface area contributed by atoms with Gasteiger partial charge in [-0.25, -0.2) is 4.79 Å². The van der Waals surface area contributed by atoms with Gasteiger partial charge in [0.15, 0.2) is 6.29 Å². The fourth-order valence-corrected chi connectivity index (χ4v) is 2.72. The lowest BCUT2D eigenvalue weighted by molar-refractivity contribution is -0.141. The summed E-state index contributed by atoms with van der Waals surface area (Å²) in [6.45, 7) is 1.31. The Morgan fingerprint density at radius 1 is 0.931 bits per heavy atom. The van der Waals surface area contributed by atoms with Gasteiger partial charge in [-0.15, -0.1) is 0 Å². The zero-order chi connectivity index (χ0) is 21.6. The number of hydrogen-bond donors (Lipinski definition) is 3. The second-order valence-corrected chi connectivity index (χ2v) is 6.47. The largest absolute Gasteiger partial charge is 0.480 e. The molecule has 0 aliphatic heterocycles. The molecule has 0 aliphatic carbocycles. The van der Waals surface area contributed by atoms with Gasteiger partial charge in [0, 0.05) is 27.6 Å². The number of ether oxygens (including phenoxy) is 2. The number of nitrogens with two attached hydrogens (primary N) is 1. The highest BCUT2D eigenvalue weighted by molar-refractivity contribution is 5.82. The van der Waals surface area contributed by atoms with Crippen molar-refractivity contribution in [3.05, 3.63) is 71.8 Å². The van der Waals surface area contributed by atoms with E-state index in [-0.39, 0.29) is 18.2 Å². The molecule has 1 amide bonds. The average molecular weight is 402 g/mol. The molecule has 4 N–H and O–H groups in total. The Labute approximate surface area is 171 Å². The van der Waals surface area contributed by atoms with Gasteiger partial charge in [0.25, 0.3) is 0 Å². The van der Waals surface area contributed by atoms with E-state index in [9.17, 15) is 9.59 Å². The van der Waals surface area contributed by atoms with Crippen LogP contribution in [0.4, 0.5) is 0 Å². The van der Waals surface area contributed by atoms with Crippen molar-refractivity contribution in [2.24, 2.45) is 5.73 Å². The molecule has 2 aromatic rings. The van der Waals surface area contributed by atoms with Gasteiger partial charge in [-0.2, -0.15) is 0 Å². The molecule has 0 fully saturated rings. The molecule has 0 bridgehead atoms. The molecule has 0 saturated carbocycles. The van der Waals surface area contributed by atoms with Gasteiger partial charge < -0.3 is 25.6 Å². The maximum absolute atomic E-state index is 10.8. The molecule has 2 atom stereocenters. The van der Waals surface area contributed by atoms with Crippen molar-refractivity contribution in [2.75, 3.05) is 14.2 Å². The molecular weight excluding hydrogens is 372 g/mol. The summed E-state index contributed by atoms with van der Waals surface area (Å²) >= 11 is 0. The number of carbonyl (C=O) groups is 2. The smallest absolute Gasteiger partial charge is 0.326 e. The summed E-state index contributed by atoms with van der Waals surface area (Å²) in [5.74, 6) is -1.35. The zero-order valence-corrected chi connectivity index (χ0v) is 17.1. The van der Waals surface area contributed by atoms with Crippen molar-refractivity contribution in [1.82, 2.24) is 5.32 Å². The van der Waals surface area contributed by atoms with E-state index in [1.165, 1.54) is 12.5 Å². The van der Waals surface area contributed by atoms with Crippen molar-refractivity contribution in [1.29, 1.82) is 0 Å². The minimum absolute atomic E-state index is 0.132. The Bertz CT molecular complexity index is 720. The topological polar surface area (TPSA) is 111 Å². The van der Waals surface area contributed by atoms with Gasteiger partial charge >= 0.3 is 5.97 Å². The van der Waals surface area contributed by atoms with Crippen LogP contribution in [0.25, 0.3) is 0 Å². The summed E-state index contributed by atoms with van der Waals surface area (Å²) in [4.78, 5) is 21.6. The summed E-state index contributed by atoms with van der Waals surface area (Å²) in [5.41, 5.74) is 8.00. The van der Waals surface area contributed by atoms with Crippen LogP contribution in [0.2, 0.25) is 0 Å². The first-order valence-corrected chi connectivity index (χ1v) is 9.26. The quantitative estimate of drug-likeness (QED) is 0.553. The SMILES string of the molecule is CC(=O)NC(Cc1ccccc1)C(=O)O.COC(OC)[C@@H](N)Cc1ccccc1. The van der Waals surface area contributed by atoms with Gasteiger partial charge in [-0.3, -0.25) is 4.79 Å². The van der Waals surface area contributed by atoms with Crippen molar-refractivity contribution in [2.45, 2.75) is 38.1 Å². The van der Waals surface area contributed by atoms with Gasteiger partial charge in [0.2, 0.25) is 5.91 Å². The summed E-state index contributed by atoms with van der Waals surface area (Å²) in [6, 6.07) is 18.3. The predicted molar refractivity (Wildman–Crippen MR) is 111 cm³/mol. The fraction of sp³-hybridized carbons (Fsp3) is 0.364. The van der Waals surface area contributed by atoms with Crippen molar-refractivity contribution in [3.63, 3.8) is 0 Å². The Morgan fingerprint density at radius 2 is 1.38 bits per heavy atom. The summed E-state index contributed by atoms with van der Waals surface area (Å²) in [7, 11) is 3.19. The van der Waals surface area contributed by atoms with Crippen LogP contribution in [0.1, 0.15) is 18.1 Å². The van der Waals surface area contributed by atoms with E-state index in [1.807, 2.05) is 60.7 Å². The molecule has 2 aromatic carbocycles. The van der Waals surface area contributed by atoms with Crippen LogP contribution in [0, 0.1) is 0 Å². The molecule has 7 heteroatoms. The monoisotopic (exact) mass is 402 g/mol. The fourth-order valence-electron chi connectivity index (χ4n) is 2.72. The van der Waals surface area contributed by atoms with Gasteiger partial charge in [-0.1, -0.05) is 60.7 Å². The number of carbonyl (C=O) groups excluding carboxylic acids is 1. The third-order valence-corrected chi connectivity index (χ3v) is 4.09. The molecule has 2 rings (SSSR count). The lowest BCUT2D eigenvalue weighted by atomic mass is 10.1. The second kappa shape index (κ2) is 13.4. The van der Waals surface area contributed by atoms with Crippen molar-refractivity contribution >= 4 is 11.9 Å². The molecule has 0 radical (unpaired) electrons. The standard InChI is InChI=1S/C11H13NO3.C11H17NO2/c1-8(13)12-10(11(14)15)7-9-5-3-2-4-6-9;1-13-11(14-2)10(12)8-9-6-4-3-5-7-9/h2-6,10H,7H2,1H3,(H,12,13)(H,14,15);3-7,10-11H,8,12H2,1-2H3/t;10-/m.0/s1. The third-order valence-electron chi connectivity index (χ3n) is 4.09. The Balaban J connectivity index is 0.000000291. The van der Waals surface area contributed by atoms with E-state index < -0.39 is 12.0 Å². The van der Waals surface area contributed by atoms with E-state index in [0.717, 1.165) is 12.0 Å². The van der Waals surface area contributed by atoms with Crippen molar-refractivity contribution in [3.8, 4) is 0 Å². The molecule has 29 heavy (non-hydrogen) atoms. The maximum atomic E-state index is 10.8. The summed E-state index contributed by atoms with van der Waals surface area (Å²) in [5, 5.41) is 11.3. The number of amides is 1. The van der Waals surface area contributed by atoms with Crippen LogP contribution in [-0.2, 0) is 31.9 Å². The van der Waals surface area contributed by atoms with E-state index in [1.54, 1.807) is 14.2 Å². The maximum Gasteiger partial charge on any atom is 0.326 e. The van der Waals surface area contributed by atoms with Gasteiger partial charge in [-0.05, 0) is 17.5 Å². The van der Waals surface area contributed by atoms with Crippen LogP contribution >= 0.6 is 0 Å². The molecule has 7 nitrogen and oxygen atoms in total. The first kappa shape index (κ1) is 24.3. The molecular formula is C22H30N2O5. The Hall–Kier alpha value is -2.74. The number of aliphatic carboxylic acids is 1. The highest BCUT2D eigenvalue weighted by atomic mass is 16.7. The van der Waals surface area contributed by atoms with E-state index in [0.29, 0.717) is 6.42 Å². The number of nitrogens with one attached hydrogen (secondary N) is 1. The number of benzene rings is 2. The molecule has 0 saturated heterocycles. The van der Waals surface area contributed by atoms with Crippen LogP contribution < -0.4 is 11.1 Å². The van der Waals surface area contributed by atoms with Crippen molar-refractivity contribution < 1.29 is 24.2 Å². The van der Waals surface area contributed by atoms with E-state index in [2.05, 4.69) is 5.32 Å². The molecule has 158 valence electrons. The van der Waals surface area contributed by atoms with Crippen LogP contribution in [0.5, 0.6) is 0 Å². The number of hydrogen-bond acceptors (Lipinski definition) is 5. The summed E-state index contributed by atoms with van der Waals surface area (Å²) in [6.07, 6.45) is 0.721. The Morgan fingerprint density at radius 3 is 1.76 bits per heavy atom. The van der Waals surface area contributed by atoms with Crippen LogP contribution in [0.3, 0.4) is 0 Å². The molecule has 0 aromatic heterocycles. The number of carboxylic acids is 1. The van der Waals surface area contributed by atoms with Gasteiger partial charge in [0.05, 0.1) is 6.04 Å². The molecule has 0 heterocycles. The van der Waals surface area contributed by atoms with Crippen LogP contribution in [0.15, 0.2) is 60.7 Å². The third kappa shape index (κ3) is 9.84. The molecule has 1 unspecified atom stereocenters. The van der Waals surface area contributed by atoms with E-state index in [4.69, 9.17) is 20.3 Å². The molecule has 0 aliphatic rings. The summed E-state index contributed by atoms with van der Waals surface area (Å²) < 4.78 is 10.2. The number of carboxylic acid groups (broad SMARTS) is 1. The van der Waals surface area contributed by atoms with Gasteiger partial charge in [0.1, 0.15) is 6.04 Å². The normalized spacial score (nSPS) is 12.4. The zero-order valence-electron chi connectivity index (χ0n) is 17.1. The second-order valence-electron chi connectivity index (χ2n) is 6.47. The number of methoxy groups -OCH3 is 2. The average Bonchev–Trinajstić information content (AvgIpc) is 2.70. The van der Waals surface area contributed by atoms with Crippen LogP contribution in [-0.4, -0.2) is 49.6 Å². The number of rotatable bonds is 9. The highest BCUT2D eigenvalue weighted by Crippen LogP contribution is 2.06. The van der Waals surface area contributed by atoms with E-state index >= 15 is 0 Å².